The quantitative estimate of drug-likeness (QED) is 0.946. The molecule has 0 aliphatic rings. The summed E-state index contributed by atoms with van der Waals surface area (Å²) in [7, 11) is -3.49. The fraction of sp³-hybridized carbons (Fsp3) is 0.417. The Morgan fingerprint density at radius 3 is 2.53 bits per heavy atom. The number of aromatic nitrogens is 1. The molecule has 2 rings (SSSR count). The van der Waals surface area contributed by atoms with Crippen molar-refractivity contribution in [1.29, 1.82) is 0 Å². The highest BCUT2D eigenvalue weighted by Gasteiger charge is 2.24. The zero-order valence-electron chi connectivity index (χ0n) is 11.2. The molecule has 0 bridgehead atoms. The molecule has 0 fully saturated rings. The number of thiophene rings is 1. The van der Waals surface area contributed by atoms with Crippen LogP contribution in [0.3, 0.4) is 0 Å². The van der Waals surface area contributed by atoms with E-state index in [-0.39, 0.29) is 4.21 Å². The summed E-state index contributed by atoms with van der Waals surface area (Å²) in [5.41, 5.74) is 0.256. The minimum absolute atomic E-state index is 0.270. The van der Waals surface area contributed by atoms with Crippen LogP contribution in [-0.2, 0) is 10.0 Å². The van der Waals surface area contributed by atoms with Crippen molar-refractivity contribution < 1.29 is 12.9 Å². The molecule has 0 aromatic carbocycles. The van der Waals surface area contributed by atoms with Crippen LogP contribution in [0.25, 0.3) is 10.6 Å². The van der Waals surface area contributed by atoms with Gasteiger partial charge in [0.25, 0.3) is 10.0 Å². The second-order valence-corrected chi connectivity index (χ2v) is 8.30. The molecule has 0 aliphatic heterocycles. The van der Waals surface area contributed by atoms with E-state index in [9.17, 15) is 8.42 Å². The Labute approximate surface area is 116 Å². The molecule has 2 heterocycles. The predicted molar refractivity (Wildman–Crippen MR) is 74.6 cm³/mol. The van der Waals surface area contributed by atoms with Gasteiger partial charge in [0, 0.05) is 11.6 Å². The van der Waals surface area contributed by atoms with E-state index in [1.54, 1.807) is 39.0 Å². The fourth-order valence-corrected chi connectivity index (χ4v) is 4.20. The highest BCUT2D eigenvalue weighted by Crippen LogP contribution is 2.31. The van der Waals surface area contributed by atoms with E-state index in [0.29, 0.717) is 5.76 Å². The third-order valence-corrected chi connectivity index (χ3v) is 5.51. The van der Waals surface area contributed by atoms with Gasteiger partial charge in [0.1, 0.15) is 4.21 Å². The summed E-state index contributed by atoms with van der Waals surface area (Å²) in [6.07, 6.45) is 0. The Hall–Kier alpha value is -1.18. The first-order valence-corrected chi connectivity index (χ1v) is 8.05. The molecule has 5 nitrogen and oxygen atoms in total. The van der Waals surface area contributed by atoms with Gasteiger partial charge < -0.3 is 4.52 Å². The number of nitrogens with one attached hydrogen (secondary N) is 1. The predicted octanol–water partition coefficient (Wildman–Crippen LogP) is 2.79. The third-order valence-electron chi connectivity index (χ3n) is 2.16. The number of nitrogens with zero attached hydrogens (tertiary/aromatic N) is 1. The van der Waals surface area contributed by atoms with Crippen molar-refractivity contribution in [3.63, 3.8) is 0 Å². The highest BCUT2D eigenvalue weighted by atomic mass is 32.2. The zero-order chi connectivity index (χ0) is 14.3. The lowest BCUT2D eigenvalue weighted by atomic mass is 10.1. The van der Waals surface area contributed by atoms with Crippen LogP contribution in [0.2, 0.25) is 0 Å². The second kappa shape index (κ2) is 4.73. The fourth-order valence-electron chi connectivity index (χ4n) is 1.53. The normalized spacial score (nSPS) is 12.8. The van der Waals surface area contributed by atoms with Gasteiger partial charge >= 0.3 is 0 Å². The van der Waals surface area contributed by atoms with Crippen LogP contribution >= 0.6 is 11.3 Å². The maximum atomic E-state index is 12.2. The van der Waals surface area contributed by atoms with Crippen molar-refractivity contribution in [3.05, 3.63) is 23.9 Å². The Kier molecular flexibility index (Phi) is 3.55. The summed E-state index contributed by atoms with van der Waals surface area (Å²) in [4.78, 5) is 0.745. The smallest absolute Gasteiger partial charge is 0.250 e. The van der Waals surface area contributed by atoms with Crippen LogP contribution in [0.15, 0.2) is 26.9 Å². The van der Waals surface area contributed by atoms with Gasteiger partial charge in [-0.05, 0) is 39.8 Å². The molecule has 104 valence electrons. The summed E-state index contributed by atoms with van der Waals surface area (Å²) >= 11 is 1.16. The Morgan fingerprint density at radius 2 is 2.00 bits per heavy atom. The molecule has 0 atom stereocenters. The van der Waals surface area contributed by atoms with Crippen LogP contribution in [0.1, 0.15) is 26.5 Å². The molecule has 0 unspecified atom stereocenters. The van der Waals surface area contributed by atoms with Crippen LogP contribution in [0, 0.1) is 6.92 Å². The van der Waals surface area contributed by atoms with Crippen LogP contribution in [0.5, 0.6) is 0 Å². The van der Waals surface area contributed by atoms with Gasteiger partial charge in [0.2, 0.25) is 0 Å². The van der Waals surface area contributed by atoms with E-state index in [2.05, 4.69) is 9.88 Å². The molecule has 0 amide bonds. The number of rotatable bonds is 3. The lowest BCUT2D eigenvalue weighted by molar-refractivity contribution is 0.428. The van der Waals surface area contributed by atoms with E-state index < -0.39 is 15.6 Å². The maximum Gasteiger partial charge on any atom is 0.250 e. The minimum atomic E-state index is -3.49. The zero-order valence-corrected chi connectivity index (χ0v) is 12.9. The lowest BCUT2D eigenvalue weighted by Crippen LogP contribution is -2.40. The number of aryl methyl sites for hydroxylation is 1. The largest absolute Gasteiger partial charge is 0.355 e. The maximum absolute atomic E-state index is 12.2. The minimum Gasteiger partial charge on any atom is -0.355 e. The standard InChI is InChI=1S/C12H16N2O3S2/c1-8-7-9(17-13-8)10-5-6-11(18-10)19(15,16)14-12(2,3)4/h5-7,14H,1-4H3. The van der Waals surface area contributed by atoms with Crippen molar-refractivity contribution >= 4 is 21.4 Å². The average Bonchev–Trinajstić information content (AvgIpc) is 2.81. The average molecular weight is 300 g/mol. The third kappa shape index (κ3) is 3.43. The van der Waals surface area contributed by atoms with Gasteiger partial charge in [-0.15, -0.1) is 11.3 Å². The highest BCUT2D eigenvalue weighted by molar-refractivity contribution is 7.91. The Morgan fingerprint density at radius 1 is 1.32 bits per heavy atom. The molecular weight excluding hydrogens is 284 g/mol. The molecule has 7 heteroatoms. The molecule has 0 saturated heterocycles. The number of sulfonamides is 1. The number of hydrogen-bond donors (Lipinski definition) is 1. The van der Waals surface area contributed by atoms with E-state index >= 15 is 0 Å². The molecule has 0 radical (unpaired) electrons. The molecule has 19 heavy (non-hydrogen) atoms. The van der Waals surface area contributed by atoms with Crippen LogP contribution < -0.4 is 4.72 Å². The van der Waals surface area contributed by atoms with Crippen molar-refractivity contribution in [2.45, 2.75) is 37.4 Å². The molecular formula is C12H16N2O3S2. The first kappa shape index (κ1) is 14.2. The summed E-state index contributed by atoms with van der Waals surface area (Å²) < 4.78 is 32.3. The van der Waals surface area contributed by atoms with E-state index in [1.807, 2.05) is 6.92 Å². The van der Waals surface area contributed by atoms with Gasteiger partial charge in [-0.3, -0.25) is 0 Å². The molecule has 0 spiro atoms. The Balaban J connectivity index is 2.31. The number of hydrogen-bond acceptors (Lipinski definition) is 5. The van der Waals surface area contributed by atoms with Gasteiger partial charge in [0.05, 0.1) is 10.6 Å². The van der Waals surface area contributed by atoms with Gasteiger partial charge in [-0.25, -0.2) is 13.1 Å². The van der Waals surface area contributed by atoms with E-state index in [4.69, 9.17) is 4.52 Å². The summed E-state index contributed by atoms with van der Waals surface area (Å²) in [6.45, 7) is 7.23. The first-order chi connectivity index (χ1) is 8.67. The van der Waals surface area contributed by atoms with Crippen molar-refractivity contribution in [2.24, 2.45) is 0 Å². The van der Waals surface area contributed by atoms with Gasteiger partial charge in [-0.1, -0.05) is 5.16 Å². The summed E-state index contributed by atoms with van der Waals surface area (Å²) in [5, 5.41) is 3.79. The topological polar surface area (TPSA) is 72.2 Å². The summed E-state index contributed by atoms with van der Waals surface area (Å²) in [6, 6.07) is 5.08. The van der Waals surface area contributed by atoms with Crippen LogP contribution in [0.4, 0.5) is 0 Å². The first-order valence-electron chi connectivity index (χ1n) is 5.75. The van der Waals surface area contributed by atoms with Crippen molar-refractivity contribution in [1.82, 2.24) is 9.88 Å². The van der Waals surface area contributed by atoms with Crippen LogP contribution in [-0.4, -0.2) is 19.1 Å². The molecule has 1 N–H and O–H groups in total. The van der Waals surface area contributed by atoms with Gasteiger partial charge in [-0.2, -0.15) is 0 Å². The lowest BCUT2D eigenvalue weighted by Gasteiger charge is -2.19. The Bertz CT molecular complexity index is 678. The SMILES string of the molecule is Cc1cc(-c2ccc(S(=O)(=O)NC(C)(C)C)s2)on1. The second-order valence-electron chi connectivity index (χ2n) is 5.31. The van der Waals surface area contributed by atoms with E-state index in [1.165, 1.54) is 0 Å². The molecule has 0 saturated carbocycles. The molecule has 0 aliphatic carbocycles. The van der Waals surface area contributed by atoms with Gasteiger partial charge in [0.15, 0.2) is 5.76 Å². The van der Waals surface area contributed by atoms with Crippen molar-refractivity contribution in [3.8, 4) is 10.6 Å². The van der Waals surface area contributed by atoms with E-state index in [0.717, 1.165) is 21.9 Å². The molecule has 2 aromatic rings. The van der Waals surface area contributed by atoms with Crippen molar-refractivity contribution in [2.75, 3.05) is 0 Å². The molecule has 2 aromatic heterocycles. The summed E-state index contributed by atoms with van der Waals surface area (Å²) in [5.74, 6) is 0.583. The monoisotopic (exact) mass is 300 g/mol.